The number of carbonyl (C=O) groups is 2. The van der Waals surface area contributed by atoms with Crippen molar-refractivity contribution in [3.63, 3.8) is 0 Å². The molecule has 0 aromatic carbocycles. The van der Waals surface area contributed by atoms with Gasteiger partial charge in [0.1, 0.15) is 0 Å². The Morgan fingerprint density at radius 1 is 0.917 bits per heavy atom. The quantitative estimate of drug-likeness (QED) is 0.523. The van der Waals surface area contributed by atoms with Gasteiger partial charge in [-0.3, -0.25) is 4.79 Å². The average Bonchev–Trinajstić information content (AvgIpc) is 3.21. The normalized spacial score (nSPS) is 44.7. The number of rotatable bonds is 6. The predicted octanol–water partition coefficient (Wildman–Crippen LogP) is 5.18. The molecule has 8 atom stereocenters. The van der Waals surface area contributed by atoms with Gasteiger partial charge in [0, 0.05) is 19.0 Å². The molecule has 36 heavy (non-hydrogen) atoms. The van der Waals surface area contributed by atoms with Crippen LogP contribution in [0.5, 0.6) is 0 Å². The second-order valence-corrected chi connectivity index (χ2v) is 13.9. The Morgan fingerprint density at radius 3 is 2.44 bits per heavy atom. The highest BCUT2D eigenvalue weighted by molar-refractivity contribution is 5.85. The SMILES string of the molecule is C[C@@]1(O)CC[C@@]2(C)C(CC[C@@H]3C2CC[C@]2(C)[C@@H](C(=O)COC(=O)NCCN4CCCCC4)CC[C@@H]32)C1. The largest absolute Gasteiger partial charge is 0.442 e. The molecule has 4 saturated carbocycles. The molecule has 6 nitrogen and oxygen atoms in total. The van der Waals surface area contributed by atoms with E-state index in [2.05, 4.69) is 24.1 Å². The summed E-state index contributed by atoms with van der Waals surface area (Å²) < 4.78 is 5.40. The Kier molecular flexibility index (Phi) is 7.50. The van der Waals surface area contributed by atoms with Crippen LogP contribution < -0.4 is 5.32 Å². The zero-order chi connectivity index (χ0) is 25.6. The van der Waals surface area contributed by atoms with Crippen LogP contribution in [0.15, 0.2) is 0 Å². The second-order valence-electron chi connectivity index (χ2n) is 13.9. The molecule has 0 aromatic heterocycles. The first-order chi connectivity index (χ1) is 17.1. The molecule has 4 aliphatic carbocycles. The Balaban J connectivity index is 1.14. The number of ether oxygens (including phenoxy) is 1. The van der Waals surface area contributed by atoms with Crippen LogP contribution in [0.25, 0.3) is 0 Å². The fraction of sp³-hybridized carbons (Fsp3) is 0.933. The second kappa shape index (κ2) is 10.2. The van der Waals surface area contributed by atoms with Crippen molar-refractivity contribution in [1.82, 2.24) is 10.2 Å². The van der Waals surface area contributed by atoms with Gasteiger partial charge >= 0.3 is 6.09 Å². The number of fused-ring (bicyclic) bond motifs is 5. The van der Waals surface area contributed by atoms with Crippen LogP contribution in [-0.4, -0.2) is 60.3 Å². The number of nitrogens with one attached hydrogen (secondary N) is 1. The predicted molar refractivity (Wildman–Crippen MR) is 140 cm³/mol. The maximum absolute atomic E-state index is 13.3. The van der Waals surface area contributed by atoms with Crippen molar-refractivity contribution in [3.05, 3.63) is 0 Å². The molecule has 1 amide bonds. The Morgan fingerprint density at radius 2 is 1.67 bits per heavy atom. The number of ketones is 1. The molecule has 0 radical (unpaired) electrons. The fourth-order valence-electron chi connectivity index (χ4n) is 9.75. The third kappa shape index (κ3) is 4.98. The topological polar surface area (TPSA) is 78.9 Å². The number of likely N-dealkylation sites (tertiary alicyclic amines) is 1. The summed E-state index contributed by atoms with van der Waals surface area (Å²) >= 11 is 0. The minimum Gasteiger partial charge on any atom is -0.442 e. The van der Waals surface area contributed by atoms with Crippen molar-refractivity contribution >= 4 is 11.9 Å². The first kappa shape index (κ1) is 26.5. The third-order valence-electron chi connectivity index (χ3n) is 11.8. The number of amides is 1. The lowest BCUT2D eigenvalue weighted by Gasteiger charge is -2.61. The van der Waals surface area contributed by atoms with Gasteiger partial charge in [0.05, 0.1) is 5.60 Å². The molecule has 1 saturated heterocycles. The number of piperidine rings is 1. The first-order valence-electron chi connectivity index (χ1n) is 15.0. The van der Waals surface area contributed by atoms with Crippen molar-refractivity contribution in [1.29, 1.82) is 0 Å². The minimum atomic E-state index is -0.495. The van der Waals surface area contributed by atoms with Crippen molar-refractivity contribution < 1.29 is 19.4 Å². The van der Waals surface area contributed by atoms with Gasteiger partial charge in [-0.25, -0.2) is 4.79 Å². The zero-order valence-corrected chi connectivity index (χ0v) is 23.0. The van der Waals surface area contributed by atoms with Crippen LogP contribution in [0, 0.1) is 40.4 Å². The maximum Gasteiger partial charge on any atom is 0.407 e. The molecular formula is C30H50N2O4. The van der Waals surface area contributed by atoms with E-state index in [0.29, 0.717) is 29.7 Å². The van der Waals surface area contributed by atoms with E-state index in [1.165, 1.54) is 38.5 Å². The molecule has 2 unspecified atom stereocenters. The summed E-state index contributed by atoms with van der Waals surface area (Å²) in [4.78, 5) is 27.9. The number of carbonyl (C=O) groups excluding carboxylic acids is 2. The first-order valence-corrected chi connectivity index (χ1v) is 15.0. The summed E-state index contributed by atoms with van der Waals surface area (Å²) in [5.41, 5.74) is -0.120. The lowest BCUT2D eigenvalue weighted by Crippen LogP contribution is -2.55. The molecule has 1 aliphatic heterocycles. The van der Waals surface area contributed by atoms with E-state index in [1.807, 2.05) is 6.92 Å². The van der Waals surface area contributed by atoms with Crippen LogP contribution in [0.1, 0.15) is 97.8 Å². The van der Waals surface area contributed by atoms with Crippen molar-refractivity contribution in [3.8, 4) is 0 Å². The number of Topliss-reactive ketones (excluding diaryl/α,β-unsaturated/α-hetero) is 1. The van der Waals surface area contributed by atoms with Crippen molar-refractivity contribution in [2.45, 2.75) is 103 Å². The monoisotopic (exact) mass is 502 g/mol. The van der Waals surface area contributed by atoms with E-state index in [9.17, 15) is 14.7 Å². The summed E-state index contributed by atoms with van der Waals surface area (Å²) in [6.07, 6.45) is 13.2. The van der Waals surface area contributed by atoms with Gasteiger partial charge in [0.2, 0.25) is 0 Å². The maximum atomic E-state index is 13.3. The smallest absolute Gasteiger partial charge is 0.407 e. The molecule has 5 aliphatic rings. The summed E-state index contributed by atoms with van der Waals surface area (Å²) in [6.45, 7) is 10.5. The highest BCUT2D eigenvalue weighted by Crippen LogP contribution is 2.68. The summed E-state index contributed by atoms with van der Waals surface area (Å²) in [6, 6.07) is 0. The molecule has 5 rings (SSSR count). The number of alkyl carbamates (subject to hydrolysis) is 1. The van der Waals surface area contributed by atoms with Gasteiger partial charge in [-0.2, -0.15) is 0 Å². The minimum absolute atomic E-state index is 0.0159. The van der Waals surface area contributed by atoms with Gasteiger partial charge in [-0.1, -0.05) is 20.3 Å². The van der Waals surface area contributed by atoms with Crippen LogP contribution in [0.2, 0.25) is 0 Å². The van der Waals surface area contributed by atoms with Gasteiger partial charge in [-0.05, 0) is 125 Å². The van der Waals surface area contributed by atoms with E-state index < -0.39 is 11.7 Å². The van der Waals surface area contributed by atoms with Crippen molar-refractivity contribution in [2.75, 3.05) is 32.8 Å². The Hall–Kier alpha value is -1.14. The van der Waals surface area contributed by atoms with Crippen LogP contribution in [-0.2, 0) is 9.53 Å². The standard InChI is InChI=1S/C30H50N2O4/c1-28(35)13-14-29(2)21(19-28)7-8-22-23-9-10-25(30(23,3)12-11-24(22)29)26(33)20-36-27(34)31-15-18-32-16-5-4-6-17-32/h21-25,35H,4-20H2,1-3H3,(H,31,34)/t21?,22-,23-,24?,25+,28+,29-,30-/m0/s1. The van der Waals surface area contributed by atoms with Gasteiger partial charge < -0.3 is 20.1 Å². The van der Waals surface area contributed by atoms with E-state index in [0.717, 1.165) is 64.1 Å². The van der Waals surface area contributed by atoms with E-state index in [1.54, 1.807) is 0 Å². The molecule has 1 heterocycles. The number of aliphatic hydroxyl groups is 1. The van der Waals surface area contributed by atoms with E-state index >= 15 is 0 Å². The lowest BCUT2D eigenvalue weighted by atomic mass is 9.44. The van der Waals surface area contributed by atoms with Gasteiger partial charge in [0.15, 0.2) is 12.4 Å². The molecule has 6 heteroatoms. The molecule has 5 fully saturated rings. The van der Waals surface area contributed by atoms with E-state index in [4.69, 9.17) is 4.74 Å². The zero-order valence-electron chi connectivity index (χ0n) is 23.0. The lowest BCUT2D eigenvalue weighted by molar-refractivity contribution is -0.151. The van der Waals surface area contributed by atoms with Crippen LogP contribution in [0.3, 0.4) is 0 Å². The highest BCUT2D eigenvalue weighted by Gasteiger charge is 2.61. The van der Waals surface area contributed by atoms with E-state index in [-0.39, 0.29) is 23.7 Å². The van der Waals surface area contributed by atoms with Gasteiger partial charge in [-0.15, -0.1) is 0 Å². The molecule has 0 bridgehead atoms. The summed E-state index contributed by atoms with van der Waals surface area (Å²) in [5.74, 6) is 2.79. The summed E-state index contributed by atoms with van der Waals surface area (Å²) in [7, 11) is 0. The molecule has 2 N–H and O–H groups in total. The molecular weight excluding hydrogens is 452 g/mol. The average molecular weight is 503 g/mol. The molecule has 204 valence electrons. The third-order valence-corrected chi connectivity index (χ3v) is 11.8. The van der Waals surface area contributed by atoms with Crippen LogP contribution in [0.4, 0.5) is 4.79 Å². The molecule has 0 aromatic rings. The van der Waals surface area contributed by atoms with Crippen molar-refractivity contribution in [2.24, 2.45) is 40.4 Å². The fourth-order valence-corrected chi connectivity index (χ4v) is 9.75. The number of hydrogen-bond donors (Lipinski definition) is 2. The number of nitrogens with zero attached hydrogens (tertiary/aromatic N) is 1. The van der Waals surface area contributed by atoms with Gasteiger partial charge in [0.25, 0.3) is 0 Å². The summed E-state index contributed by atoms with van der Waals surface area (Å²) in [5, 5.41) is 13.6. The highest BCUT2D eigenvalue weighted by atomic mass is 16.5. The molecule has 0 spiro atoms. The Bertz CT molecular complexity index is 824. The Labute approximate surface area is 218 Å². The number of hydrogen-bond acceptors (Lipinski definition) is 5. The van der Waals surface area contributed by atoms with Crippen LogP contribution >= 0.6 is 0 Å².